The fourth-order valence-corrected chi connectivity index (χ4v) is 5.06. The summed E-state index contributed by atoms with van der Waals surface area (Å²) in [5.74, 6) is 0. The molecule has 5 atom stereocenters. The second-order valence-corrected chi connectivity index (χ2v) is 9.75. The third-order valence-electron chi connectivity index (χ3n) is 3.58. The summed E-state index contributed by atoms with van der Waals surface area (Å²) in [6.45, 7) is -0.611. The molecule has 26 heavy (non-hydrogen) atoms. The molecule has 0 aromatic carbocycles. The maximum absolute atomic E-state index is 11.8. The Kier molecular flexibility index (Phi) is 6.73. The van der Waals surface area contributed by atoms with Gasteiger partial charge >= 0.3 is 15.2 Å². The SMILES string of the molecule is O=c1ccn(C2OC(COP(=O)(O)CCP(=O)(O)O)C(O)C2O)c(=S)[nH]1. The topological polar surface area (TPSA) is 192 Å². The molecule has 5 unspecified atom stereocenters. The highest BCUT2D eigenvalue weighted by Gasteiger charge is 2.44. The van der Waals surface area contributed by atoms with Gasteiger partial charge in [-0.2, -0.15) is 0 Å². The van der Waals surface area contributed by atoms with Crippen molar-refractivity contribution in [3.8, 4) is 0 Å². The molecule has 1 aliphatic rings. The van der Waals surface area contributed by atoms with Gasteiger partial charge in [0.15, 0.2) is 11.0 Å². The average Bonchev–Trinajstić information content (AvgIpc) is 2.79. The van der Waals surface area contributed by atoms with E-state index >= 15 is 0 Å². The van der Waals surface area contributed by atoms with Crippen LogP contribution in [0.15, 0.2) is 17.1 Å². The molecule has 148 valence electrons. The second kappa shape index (κ2) is 8.11. The number of nitrogens with one attached hydrogen (secondary N) is 1. The first-order valence-electron chi connectivity index (χ1n) is 7.24. The highest BCUT2D eigenvalue weighted by atomic mass is 32.1. The molecule has 1 fully saturated rings. The fraction of sp³-hybridized carbons (Fsp3) is 0.636. The minimum Gasteiger partial charge on any atom is -0.387 e. The molecule has 0 radical (unpaired) electrons. The van der Waals surface area contributed by atoms with Gasteiger partial charge in [-0.15, -0.1) is 0 Å². The molecule has 0 aliphatic carbocycles. The van der Waals surface area contributed by atoms with Gasteiger partial charge in [0.05, 0.1) is 18.9 Å². The molecule has 1 aromatic rings. The van der Waals surface area contributed by atoms with E-state index in [2.05, 4.69) is 4.98 Å². The summed E-state index contributed by atoms with van der Waals surface area (Å²) in [6, 6.07) is 1.13. The van der Waals surface area contributed by atoms with Gasteiger partial charge in [-0.1, -0.05) is 0 Å². The molecule has 0 amide bonds. The lowest BCUT2D eigenvalue weighted by Crippen LogP contribution is -2.34. The Morgan fingerprint density at radius 1 is 1.23 bits per heavy atom. The van der Waals surface area contributed by atoms with E-state index in [0.29, 0.717) is 0 Å². The van der Waals surface area contributed by atoms with Crippen LogP contribution in [-0.4, -0.2) is 71.7 Å². The van der Waals surface area contributed by atoms with E-state index < -0.39 is 64.2 Å². The van der Waals surface area contributed by atoms with Crippen molar-refractivity contribution in [2.45, 2.75) is 24.5 Å². The average molecular weight is 432 g/mol. The number of nitrogens with zero attached hydrogens (tertiary/aromatic N) is 1. The number of aliphatic hydroxyl groups excluding tert-OH is 2. The highest BCUT2D eigenvalue weighted by Crippen LogP contribution is 2.47. The molecule has 2 rings (SSSR count). The van der Waals surface area contributed by atoms with Crippen LogP contribution >= 0.6 is 27.4 Å². The third kappa shape index (κ3) is 5.64. The van der Waals surface area contributed by atoms with Crippen LogP contribution in [-0.2, 0) is 18.4 Å². The molecular formula is C11H18N2O10P2S. The van der Waals surface area contributed by atoms with Gasteiger partial charge in [-0.25, -0.2) is 0 Å². The summed E-state index contributed by atoms with van der Waals surface area (Å²) < 4.78 is 33.8. The first-order chi connectivity index (χ1) is 11.9. The zero-order chi connectivity index (χ0) is 19.7. The number of aromatic amines is 1. The number of ether oxygens (including phenoxy) is 1. The standard InChI is InChI=1S/C11H18N2O10P2S/c14-7-1-2-13(11(26)12-7)10-9(16)8(15)6(23-10)5-22-25(20,21)4-3-24(17,18)19/h1-2,6,8-10,15-16H,3-5H2,(H,20,21)(H,12,14,26)(H2,17,18,19). The van der Waals surface area contributed by atoms with E-state index in [1.54, 1.807) is 0 Å². The van der Waals surface area contributed by atoms with E-state index in [0.717, 1.165) is 6.07 Å². The summed E-state index contributed by atoms with van der Waals surface area (Å²) in [5, 5.41) is 20.1. The number of hydrogen-bond donors (Lipinski definition) is 6. The van der Waals surface area contributed by atoms with Gasteiger partial charge in [-0.05, 0) is 12.2 Å². The fourth-order valence-electron chi connectivity index (χ4n) is 2.24. The number of aromatic nitrogens is 2. The van der Waals surface area contributed by atoms with Crippen LogP contribution < -0.4 is 5.56 Å². The largest absolute Gasteiger partial charge is 0.387 e. The lowest BCUT2D eigenvalue weighted by Gasteiger charge is -2.18. The maximum atomic E-state index is 11.8. The molecule has 1 saturated heterocycles. The minimum absolute atomic E-state index is 0.0650. The quantitative estimate of drug-likeness (QED) is 0.226. The van der Waals surface area contributed by atoms with E-state index in [1.165, 1.54) is 10.8 Å². The summed E-state index contributed by atoms with van der Waals surface area (Å²) in [4.78, 5) is 40.5. The van der Waals surface area contributed by atoms with Crippen LogP contribution in [0.2, 0.25) is 0 Å². The molecule has 2 heterocycles. The van der Waals surface area contributed by atoms with Crippen LogP contribution in [0.1, 0.15) is 6.23 Å². The lowest BCUT2D eigenvalue weighted by atomic mass is 10.1. The predicted octanol–water partition coefficient (Wildman–Crippen LogP) is -1.10. The Balaban J connectivity index is 2.03. The number of H-pyrrole nitrogens is 1. The van der Waals surface area contributed by atoms with Crippen molar-refractivity contribution in [2.24, 2.45) is 0 Å². The van der Waals surface area contributed by atoms with Crippen molar-refractivity contribution in [1.82, 2.24) is 9.55 Å². The van der Waals surface area contributed by atoms with E-state index in [9.17, 15) is 29.0 Å². The zero-order valence-electron chi connectivity index (χ0n) is 13.1. The number of aliphatic hydroxyl groups is 2. The maximum Gasteiger partial charge on any atom is 0.328 e. The molecule has 6 N–H and O–H groups in total. The first-order valence-corrected chi connectivity index (χ1v) is 11.2. The van der Waals surface area contributed by atoms with Crippen LogP contribution in [0.3, 0.4) is 0 Å². The monoisotopic (exact) mass is 432 g/mol. The van der Waals surface area contributed by atoms with Crippen molar-refractivity contribution >= 4 is 27.4 Å². The van der Waals surface area contributed by atoms with Crippen molar-refractivity contribution in [3.63, 3.8) is 0 Å². The molecule has 0 bridgehead atoms. The molecule has 15 heteroatoms. The summed E-state index contributed by atoms with van der Waals surface area (Å²) in [6.07, 6.45) is -5.70. The van der Waals surface area contributed by atoms with Gasteiger partial charge in [0, 0.05) is 12.3 Å². The van der Waals surface area contributed by atoms with Crippen molar-refractivity contribution in [3.05, 3.63) is 27.4 Å². The lowest BCUT2D eigenvalue weighted by molar-refractivity contribution is -0.0515. The number of rotatable bonds is 7. The predicted molar refractivity (Wildman–Crippen MR) is 89.4 cm³/mol. The van der Waals surface area contributed by atoms with Gasteiger partial charge in [0.1, 0.15) is 18.3 Å². The Hall–Kier alpha value is -0.720. The molecule has 1 aromatic heterocycles. The Morgan fingerprint density at radius 3 is 2.46 bits per heavy atom. The highest BCUT2D eigenvalue weighted by molar-refractivity contribution is 7.71. The zero-order valence-corrected chi connectivity index (χ0v) is 15.7. The summed E-state index contributed by atoms with van der Waals surface area (Å²) in [5.41, 5.74) is -0.467. The van der Waals surface area contributed by atoms with E-state index in [-0.39, 0.29) is 4.77 Å². The van der Waals surface area contributed by atoms with E-state index in [4.69, 9.17) is 31.3 Å². The first kappa shape index (κ1) is 21.6. The normalized spacial score (nSPS) is 28.8. The van der Waals surface area contributed by atoms with Gasteiger partial charge < -0.3 is 34.2 Å². The molecule has 12 nitrogen and oxygen atoms in total. The summed E-state index contributed by atoms with van der Waals surface area (Å²) in [7, 11) is -8.80. The van der Waals surface area contributed by atoms with Crippen LogP contribution in [0.25, 0.3) is 0 Å². The molecule has 0 spiro atoms. The minimum atomic E-state index is -4.47. The van der Waals surface area contributed by atoms with Gasteiger partial charge in [0.25, 0.3) is 5.56 Å². The van der Waals surface area contributed by atoms with Gasteiger partial charge in [0.2, 0.25) is 0 Å². The van der Waals surface area contributed by atoms with E-state index in [1.807, 2.05) is 0 Å². The molecule has 1 aliphatic heterocycles. The van der Waals surface area contributed by atoms with Crippen LogP contribution in [0, 0.1) is 4.77 Å². The van der Waals surface area contributed by atoms with Gasteiger partial charge in [-0.3, -0.25) is 23.5 Å². The summed E-state index contributed by atoms with van der Waals surface area (Å²) >= 11 is 4.94. The molecular weight excluding hydrogens is 414 g/mol. The van der Waals surface area contributed by atoms with Crippen molar-refractivity contribution < 1.29 is 43.3 Å². The van der Waals surface area contributed by atoms with Crippen molar-refractivity contribution in [2.75, 3.05) is 18.9 Å². The Bertz CT molecular complexity index is 850. The van der Waals surface area contributed by atoms with Crippen LogP contribution in [0.4, 0.5) is 0 Å². The second-order valence-electron chi connectivity index (χ2n) is 5.61. The van der Waals surface area contributed by atoms with Crippen molar-refractivity contribution in [1.29, 1.82) is 0 Å². The number of hydrogen-bond acceptors (Lipinski definition) is 8. The van der Waals surface area contributed by atoms with Crippen LogP contribution in [0.5, 0.6) is 0 Å². The molecule has 0 saturated carbocycles. The third-order valence-corrected chi connectivity index (χ3v) is 6.39. The smallest absolute Gasteiger partial charge is 0.328 e. The Morgan fingerprint density at radius 2 is 1.88 bits per heavy atom. The Labute approximate surface area is 151 Å².